The van der Waals surface area contributed by atoms with Gasteiger partial charge >= 0.3 is 0 Å². The van der Waals surface area contributed by atoms with Gasteiger partial charge in [0.2, 0.25) is 0 Å². The van der Waals surface area contributed by atoms with Crippen molar-refractivity contribution in [3.8, 4) is 0 Å². The summed E-state index contributed by atoms with van der Waals surface area (Å²) in [6.45, 7) is 12.0. The summed E-state index contributed by atoms with van der Waals surface area (Å²) in [6, 6.07) is 2.09. The van der Waals surface area contributed by atoms with Gasteiger partial charge in [0, 0.05) is 29.3 Å². The van der Waals surface area contributed by atoms with Crippen LogP contribution in [0.2, 0.25) is 0 Å². The van der Waals surface area contributed by atoms with Crippen LogP contribution in [-0.2, 0) is 16.6 Å². The number of hydrogen-bond donors (Lipinski definition) is 0. The molecule has 21 heavy (non-hydrogen) atoms. The molecule has 0 spiro atoms. The van der Waals surface area contributed by atoms with Crippen LogP contribution in [-0.4, -0.2) is 21.6 Å². The van der Waals surface area contributed by atoms with E-state index in [4.69, 9.17) is 0 Å². The second-order valence-corrected chi connectivity index (χ2v) is 6.19. The summed E-state index contributed by atoms with van der Waals surface area (Å²) in [6.07, 6.45) is 3.91. The number of carbonyl (C=O) groups is 1. The molecule has 0 fully saturated rings. The molecule has 0 saturated carbocycles. The van der Waals surface area contributed by atoms with Gasteiger partial charge in [0.1, 0.15) is 11.2 Å². The maximum atomic E-state index is 9.60. The van der Waals surface area contributed by atoms with Gasteiger partial charge in [0.05, 0.1) is 0 Å². The molecule has 0 aliphatic rings. The number of halogens is 1. The minimum atomic E-state index is -0.318. The van der Waals surface area contributed by atoms with Crippen molar-refractivity contribution in [2.75, 3.05) is 0 Å². The zero-order chi connectivity index (χ0) is 16.6. The molecule has 2 aromatic heterocycles. The van der Waals surface area contributed by atoms with Gasteiger partial charge in [-0.1, -0.05) is 13.8 Å². The fraction of sp³-hybridized carbons (Fsp3) is 0.500. The van der Waals surface area contributed by atoms with Crippen molar-refractivity contribution in [1.29, 1.82) is 0 Å². The first-order valence-electron chi connectivity index (χ1n) is 6.93. The van der Waals surface area contributed by atoms with Crippen LogP contribution in [0.25, 0.3) is 11.0 Å². The molecule has 0 N–H and O–H groups in total. The first-order chi connectivity index (χ1) is 9.74. The summed E-state index contributed by atoms with van der Waals surface area (Å²) in [7, 11) is 2.01. The molecular formula is C16H25BrN2O2. The average Bonchev–Trinajstić information content (AvgIpc) is 2.66. The predicted molar refractivity (Wildman–Crippen MR) is 91.4 cm³/mol. The summed E-state index contributed by atoms with van der Waals surface area (Å²) >= 11 is 3.40. The zero-order valence-corrected chi connectivity index (χ0v) is 15.5. The number of fused-ring (bicyclic) bond motifs is 1. The van der Waals surface area contributed by atoms with Crippen molar-refractivity contribution in [1.82, 2.24) is 9.55 Å². The second kappa shape index (κ2) is 8.82. The highest BCUT2D eigenvalue weighted by atomic mass is 79.9. The molecule has 0 unspecified atom stereocenters. The van der Waals surface area contributed by atoms with Crippen LogP contribution in [0.5, 0.6) is 0 Å². The van der Waals surface area contributed by atoms with E-state index in [9.17, 15) is 4.79 Å². The normalized spacial score (nSPS) is 10.1. The van der Waals surface area contributed by atoms with Gasteiger partial charge in [-0.2, -0.15) is 0 Å². The molecule has 0 amide bonds. The summed E-state index contributed by atoms with van der Waals surface area (Å²) in [4.78, 5) is 13.9. The van der Waals surface area contributed by atoms with Crippen molar-refractivity contribution in [2.45, 2.75) is 47.1 Å². The van der Waals surface area contributed by atoms with E-state index >= 15 is 0 Å². The Balaban J connectivity index is 0.000000385. The lowest BCUT2D eigenvalue weighted by molar-refractivity contribution is -0.138. The van der Waals surface area contributed by atoms with E-state index in [1.165, 1.54) is 10.9 Å². The van der Waals surface area contributed by atoms with Crippen LogP contribution in [0.3, 0.4) is 0 Å². The van der Waals surface area contributed by atoms with E-state index in [0.29, 0.717) is 6.47 Å². The van der Waals surface area contributed by atoms with E-state index in [1.807, 2.05) is 52.4 Å². The Morgan fingerprint density at radius 3 is 2.33 bits per heavy atom. The number of hydrogen-bond acceptors (Lipinski definition) is 3. The molecule has 118 valence electrons. The standard InChI is InChI=1S/C9H9BrN2.C5H10O2.C2H6/c1-6-5-12(2)9-8(6)3-7(10)4-11-9;1-5(2,3)7-4-6;1-2/h3-5H,1-2H3;4H,1-3H3;1-2H3. The van der Waals surface area contributed by atoms with E-state index < -0.39 is 0 Å². The Labute approximate surface area is 135 Å². The fourth-order valence-electron chi connectivity index (χ4n) is 1.57. The van der Waals surface area contributed by atoms with Crippen molar-refractivity contribution < 1.29 is 9.53 Å². The lowest BCUT2D eigenvalue weighted by Crippen LogP contribution is -2.17. The van der Waals surface area contributed by atoms with Gasteiger partial charge < -0.3 is 9.30 Å². The van der Waals surface area contributed by atoms with Gasteiger partial charge in [0.15, 0.2) is 0 Å². The van der Waals surface area contributed by atoms with Gasteiger partial charge in [-0.3, -0.25) is 4.79 Å². The Bertz CT molecular complexity index is 571. The molecule has 0 aliphatic heterocycles. The molecule has 2 aromatic rings. The highest BCUT2D eigenvalue weighted by Gasteiger charge is 2.07. The summed E-state index contributed by atoms with van der Waals surface area (Å²) < 4.78 is 7.62. The Hall–Kier alpha value is -1.36. The minimum Gasteiger partial charge on any atom is -0.462 e. The van der Waals surface area contributed by atoms with Crippen molar-refractivity contribution >= 4 is 33.4 Å². The van der Waals surface area contributed by atoms with E-state index in [2.05, 4.69) is 44.8 Å². The molecule has 2 rings (SSSR count). The monoisotopic (exact) mass is 356 g/mol. The zero-order valence-electron chi connectivity index (χ0n) is 13.9. The van der Waals surface area contributed by atoms with Crippen molar-refractivity contribution in [2.24, 2.45) is 7.05 Å². The van der Waals surface area contributed by atoms with E-state index in [0.717, 1.165) is 10.1 Å². The quantitative estimate of drug-likeness (QED) is 0.699. The number of aromatic nitrogens is 2. The molecule has 0 aliphatic carbocycles. The van der Waals surface area contributed by atoms with E-state index in [-0.39, 0.29) is 5.60 Å². The topological polar surface area (TPSA) is 44.1 Å². The van der Waals surface area contributed by atoms with Gasteiger partial charge in [0.25, 0.3) is 6.47 Å². The van der Waals surface area contributed by atoms with Crippen LogP contribution in [0.1, 0.15) is 40.2 Å². The fourth-order valence-corrected chi connectivity index (χ4v) is 1.90. The molecule has 0 bridgehead atoms. The largest absolute Gasteiger partial charge is 0.462 e. The average molecular weight is 357 g/mol. The summed E-state index contributed by atoms with van der Waals surface area (Å²) in [5.41, 5.74) is 1.99. The van der Waals surface area contributed by atoms with Crippen molar-refractivity contribution in [3.63, 3.8) is 0 Å². The van der Waals surface area contributed by atoms with Crippen LogP contribution >= 0.6 is 15.9 Å². The Morgan fingerprint density at radius 1 is 1.33 bits per heavy atom. The molecule has 4 nitrogen and oxygen atoms in total. The van der Waals surface area contributed by atoms with Crippen LogP contribution in [0, 0.1) is 6.92 Å². The lowest BCUT2D eigenvalue weighted by atomic mass is 10.2. The Kier molecular flexibility index (Phi) is 8.25. The molecule has 0 aromatic carbocycles. The number of nitrogens with zero attached hydrogens (tertiary/aromatic N) is 2. The van der Waals surface area contributed by atoms with Crippen molar-refractivity contribution in [3.05, 3.63) is 28.5 Å². The smallest absolute Gasteiger partial charge is 0.293 e. The molecule has 0 saturated heterocycles. The number of rotatable bonds is 1. The highest BCUT2D eigenvalue weighted by Crippen LogP contribution is 2.21. The lowest BCUT2D eigenvalue weighted by Gasteiger charge is -2.14. The van der Waals surface area contributed by atoms with Crippen LogP contribution < -0.4 is 0 Å². The maximum absolute atomic E-state index is 9.60. The summed E-state index contributed by atoms with van der Waals surface area (Å²) in [5, 5.41) is 1.21. The second-order valence-electron chi connectivity index (χ2n) is 5.27. The first-order valence-corrected chi connectivity index (χ1v) is 7.72. The molecule has 2 heterocycles. The third-order valence-corrected chi connectivity index (χ3v) is 2.81. The maximum Gasteiger partial charge on any atom is 0.293 e. The van der Waals surface area contributed by atoms with E-state index in [1.54, 1.807) is 0 Å². The third kappa shape index (κ3) is 6.76. The molecule has 0 atom stereocenters. The highest BCUT2D eigenvalue weighted by molar-refractivity contribution is 9.10. The van der Waals surface area contributed by atoms with Crippen LogP contribution in [0.15, 0.2) is 22.9 Å². The Morgan fingerprint density at radius 2 is 1.90 bits per heavy atom. The molecular weight excluding hydrogens is 332 g/mol. The van der Waals surface area contributed by atoms with Gasteiger partial charge in [-0.05, 0) is 55.3 Å². The number of aryl methyl sites for hydroxylation is 2. The third-order valence-electron chi connectivity index (χ3n) is 2.38. The number of pyridine rings is 1. The predicted octanol–water partition coefficient (Wildman–Crippen LogP) is 4.63. The molecule has 5 heteroatoms. The van der Waals surface area contributed by atoms with Gasteiger partial charge in [-0.25, -0.2) is 4.98 Å². The number of ether oxygens (including phenoxy) is 1. The van der Waals surface area contributed by atoms with Crippen LogP contribution in [0.4, 0.5) is 0 Å². The van der Waals surface area contributed by atoms with Gasteiger partial charge in [-0.15, -0.1) is 0 Å². The molecule has 0 radical (unpaired) electrons. The summed E-state index contributed by atoms with van der Waals surface area (Å²) in [5.74, 6) is 0. The number of carbonyl (C=O) groups excluding carboxylic acids is 1. The minimum absolute atomic E-state index is 0.318. The first kappa shape index (κ1) is 19.6. The SMILES string of the molecule is CC.CC(C)(C)OC=O.Cc1cn(C)c2ncc(Br)cc12.